The molecule has 1 fully saturated rings. The standard InChI is InChI=1S/C35H49N7O6S2/c1-4-24(2)33(40-35(45)41(3)21-28-23-49-32(18-36)38-28)34(44)39-30(17-25-9-6-5-7-10-25)31(43)22-42(20-27-11-8-12-27)50(47,48)29-15-13-26(14-16-29)19-37-46/h5-7,9-10,13-16,19,23-24,27,30-31,33,43,46H,4,8,11-12,17-18,20-22,36H2,1-3H3,(H,39,44)(H,40,45)/b37-19+/t24-,30-,31-,33-/m0/s1. The van der Waals surface area contributed by atoms with Crippen molar-refractivity contribution < 1.29 is 28.3 Å². The first kappa shape index (κ1) is 38.9. The number of hydrogen-bond donors (Lipinski definition) is 5. The molecule has 1 aliphatic rings. The van der Waals surface area contributed by atoms with Crippen molar-refractivity contribution in [2.24, 2.45) is 22.7 Å². The number of aliphatic hydroxyl groups is 1. The molecule has 0 saturated heterocycles. The van der Waals surface area contributed by atoms with Gasteiger partial charge in [-0.25, -0.2) is 18.2 Å². The normalized spacial score (nSPS) is 16.0. The molecule has 50 heavy (non-hydrogen) atoms. The van der Waals surface area contributed by atoms with E-state index < -0.39 is 40.1 Å². The number of thiazole rings is 1. The van der Waals surface area contributed by atoms with Crippen molar-refractivity contribution in [3.05, 3.63) is 81.8 Å². The molecule has 4 atom stereocenters. The predicted molar refractivity (Wildman–Crippen MR) is 193 cm³/mol. The first-order valence-corrected chi connectivity index (χ1v) is 19.2. The van der Waals surface area contributed by atoms with E-state index in [1.54, 1.807) is 7.05 Å². The lowest BCUT2D eigenvalue weighted by Gasteiger charge is -2.35. The van der Waals surface area contributed by atoms with Gasteiger partial charge in [-0.05, 0) is 54.4 Å². The summed E-state index contributed by atoms with van der Waals surface area (Å²) >= 11 is 1.42. The maximum atomic E-state index is 14.0. The van der Waals surface area contributed by atoms with E-state index in [2.05, 4.69) is 20.8 Å². The minimum Gasteiger partial charge on any atom is -0.411 e. The average molecular weight is 728 g/mol. The Hall–Kier alpha value is -3.89. The highest BCUT2D eigenvalue weighted by molar-refractivity contribution is 7.89. The van der Waals surface area contributed by atoms with Gasteiger partial charge >= 0.3 is 6.03 Å². The van der Waals surface area contributed by atoms with Gasteiger partial charge in [0, 0.05) is 32.1 Å². The van der Waals surface area contributed by atoms with Gasteiger partial charge in [-0.1, -0.05) is 74.3 Å². The van der Waals surface area contributed by atoms with Crippen molar-refractivity contribution in [1.29, 1.82) is 0 Å². The maximum Gasteiger partial charge on any atom is 0.318 e. The van der Waals surface area contributed by atoms with Gasteiger partial charge in [-0.15, -0.1) is 11.3 Å². The number of benzene rings is 2. The Labute approximate surface area is 298 Å². The zero-order chi connectivity index (χ0) is 36.3. The SMILES string of the molecule is CC[C@H](C)[C@H](NC(=O)N(C)Cc1csc(CN)n1)C(=O)N[C@@H](Cc1ccccc1)[C@@H](O)CN(CC1CCC1)S(=O)(=O)c1ccc(/C=N/O)cc1. The van der Waals surface area contributed by atoms with Gasteiger partial charge in [0.05, 0.1) is 35.5 Å². The molecular weight excluding hydrogens is 679 g/mol. The van der Waals surface area contributed by atoms with Crippen molar-refractivity contribution in [2.75, 3.05) is 20.1 Å². The Morgan fingerprint density at radius 2 is 1.84 bits per heavy atom. The lowest BCUT2D eigenvalue weighted by atomic mass is 9.85. The summed E-state index contributed by atoms with van der Waals surface area (Å²) in [5, 5.41) is 32.1. The molecule has 272 valence electrons. The summed E-state index contributed by atoms with van der Waals surface area (Å²) in [6, 6.07) is 13.0. The van der Waals surface area contributed by atoms with Crippen LogP contribution in [-0.2, 0) is 34.3 Å². The fourth-order valence-electron chi connectivity index (χ4n) is 5.71. The number of hydrogen-bond acceptors (Lipinski definition) is 10. The molecule has 0 bridgehead atoms. The summed E-state index contributed by atoms with van der Waals surface area (Å²) in [7, 11) is -2.42. The molecule has 0 aliphatic heterocycles. The van der Waals surface area contributed by atoms with Crippen LogP contribution in [0.5, 0.6) is 0 Å². The van der Waals surface area contributed by atoms with E-state index in [4.69, 9.17) is 10.9 Å². The van der Waals surface area contributed by atoms with Gasteiger partial charge in [0.1, 0.15) is 11.0 Å². The zero-order valence-electron chi connectivity index (χ0n) is 28.8. The fraction of sp³-hybridized carbons (Fsp3) is 0.486. The largest absolute Gasteiger partial charge is 0.411 e. The van der Waals surface area contributed by atoms with Crippen molar-refractivity contribution >= 4 is 39.5 Å². The summed E-state index contributed by atoms with van der Waals surface area (Å²) in [5.74, 6) is -0.567. The third kappa shape index (κ3) is 10.6. The van der Waals surface area contributed by atoms with E-state index in [1.807, 2.05) is 49.6 Å². The molecule has 3 aromatic rings. The molecular formula is C35H49N7O6S2. The van der Waals surface area contributed by atoms with Gasteiger partial charge in [0.15, 0.2) is 0 Å². The van der Waals surface area contributed by atoms with Gasteiger partial charge in [0.2, 0.25) is 15.9 Å². The number of carbonyl (C=O) groups excluding carboxylic acids is 2. The van der Waals surface area contributed by atoms with Crippen LogP contribution in [0.3, 0.4) is 0 Å². The van der Waals surface area contributed by atoms with Crippen LogP contribution < -0.4 is 16.4 Å². The van der Waals surface area contributed by atoms with Crippen LogP contribution in [0.4, 0.5) is 4.79 Å². The second-order valence-electron chi connectivity index (χ2n) is 12.9. The Kier molecular flexibility index (Phi) is 14.3. The molecule has 6 N–H and O–H groups in total. The Morgan fingerprint density at radius 1 is 1.14 bits per heavy atom. The molecule has 1 aliphatic carbocycles. The van der Waals surface area contributed by atoms with E-state index in [0.717, 1.165) is 29.8 Å². The minimum atomic E-state index is -4.04. The number of amides is 3. The van der Waals surface area contributed by atoms with Crippen LogP contribution in [0.15, 0.2) is 70.0 Å². The lowest BCUT2D eigenvalue weighted by Crippen LogP contribution is -2.58. The molecule has 0 spiro atoms. The molecule has 15 heteroatoms. The molecule has 0 radical (unpaired) electrons. The predicted octanol–water partition coefficient (Wildman–Crippen LogP) is 3.55. The average Bonchev–Trinajstić information content (AvgIpc) is 3.55. The first-order chi connectivity index (χ1) is 23.9. The smallest absolute Gasteiger partial charge is 0.318 e. The number of nitrogens with two attached hydrogens (primary N) is 1. The van der Waals surface area contributed by atoms with E-state index in [1.165, 1.54) is 51.0 Å². The van der Waals surface area contributed by atoms with Gasteiger partial charge in [0.25, 0.3) is 0 Å². The van der Waals surface area contributed by atoms with Crippen LogP contribution in [-0.4, -0.2) is 89.4 Å². The lowest BCUT2D eigenvalue weighted by molar-refractivity contribution is -0.125. The Bertz CT molecular complexity index is 1670. The van der Waals surface area contributed by atoms with Gasteiger partial charge < -0.3 is 31.6 Å². The first-order valence-electron chi connectivity index (χ1n) is 16.9. The molecule has 1 aromatic heterocycles. The highest BCUT2D eigenvalue weighted by Gasteiger charge is 2.35. The highest BCUT2D eigenvalue weighted by Crippen LogP contribution is 2.30. The molecule has 2 aromatic carbocycles. The summed E-state index contributed by atoms with van der Waals surface area (Å²) < 4.78 is 29.2. The zero-order valence-corrected chi connectivity index (χ0v) is 30.4. The number of aliphatic hydroxyl groups excluding tert-OH is 1. The van der Waals surface area contributed by atoms with E-state index in [-0.39, 0.29) is 42.8 Å². The van der Waals surface area contributed by atoms with Gasteiger partial charge in [-0.2, -0.15) is 4.31 Å². The summed E-state index contributed by atoms with van der Waals surface area (Å²) in [4.78, 5) is 33.2. The maximum absolute atomic E-state index is 14.0. The quantitative estimate of drug-likeness (QED) is 0.0747. The summed E-state index contributed by atoms with van der Waals surface area (Å²) in [5.41, 5.74) is 7.74. The molecule has 0 unspecified atom stereocenters. The fourth-order valence-corrected chi connectivity index (χ4v) is 7.91. The number of sulfonamides is 1. The highest BCUT2D eigenvalue weighted by atomic mass is 32.2. The van der Waals surface area contributed by atoms with E-state index in [9.17, 15) is 23.1 Å². The van der Waals surface area contributed by atoms with E-state index >= 15 is 0 Å². The van der Waals surface area contributed by atoms with Crippen LogP contribution in [0.2, 0.25) is 0 Å². The van der Waals surface area contributed by atoms with E-state index in [0.29, 0.717) is 24.2 Å². The molecule has 3 amide bonds. The molecule has 1 saturated carbocycles. The number of nitrogens with zero attached hydrogens (tertiary/aromatic N) is 4. The number of oxime groups is 1. The second-order valence-corrected chi connectivity index (χ2v) is 15.8. The number of carbonyl (C=O) groups is 2. The molecule has 1 heterocycles. The monoisotopic (exact) mass is 727 g/mol. The van der Waals surface area contributed by atoms with Crippen LogP contribution in [0, 0.1) is 11.8 Å². The summed E-state index contributed by atoms with van der Waals surface area (Å²) in [6.07, 6.45) is 3.53. The topological polar surface area (TPSA) is 191 Å². The number of aromatic nitrogens is 1. The van der Waals surface area contributed by atoms with Crippen LogP contribution >= 0.6 is 11.3 Å². The Balaban J connectivity index is 1.55. The third-order valence-corrected chi connectivity index (χ3v) is 12.0. The number of rotatable bonds is 18. The summed E-state index contributed by atoms with van der Waals surface area (Å²) in [6.45, 7) is 4.31. The number of nitrogens with one attached hydrogen (secondary N) is 2. The number of urea groups is 1. The van der Waals surface area contributed by atoms with Crippen molar-refractivity contribution in [3.63, 3.8) is 0 Å². The minimum absolute atomic E-state index is 0.0447. The van der Waals surface area contributed by atoms with Crippen molar-refractivity contribution in [3.8, 4) is 0 Å². The molecule has 4 rings (SSSR count). The van der Waals surface area contributed by atoms with Crippen molar-refractivity contribution in [2.45, 2.75) is 82.1 Å². The third-order valence-electron chi connectivity index (χ3n) is 9.19. The second kappa shape index (κ2) is 18.4. The van der Waals surface area contributed by atoms with Crippen molar-refractivity contribution in [1.82, 2.24) is 24.8 Å². The molecule has 13 nitrogen and oxygen atoms in total. The van der Waals surface area contributed by atoms with Gasteiger partial charge in [-0.3, -0.25) is 4.79 Å². The van der Waals surface area contributed by atoms with Crippen LogP contribution in [0.1, 0.15) is 61.4 Å². The Morgan fingerprint density at radius 3 is 2.42 bits per heavy atom. The van der Waals surface area contributed by atoms with Crippen LogP contribution in [0.25, 0.3) is 0 Å².